The molecule has 2 aromatic carbocycles. The standard InChI is InChI=1S/C33H39N5O6/c1-20(2)29-31(41)35-24(16-22-10-5-4-6-11-22)18-37(33(43)27-17-23-12-7-8-14-26(23)44-27)19-28(39)34-21(3)32(42)38-15-9-13-25(38)30(40)36-29/h4-8,10-12,14,17,20-21,24-25,29H,9,13,15-16,18-19H2,1-3H3,(H,34,39)(H,35,41)(H,36,40)/t21-,24-,25+,29-/m0/s1. The third-order valence-corrected chi connectivity index (χ3v) is 8.20. The maximum atomic E-state index is 13.9. The number of para-hydroxylation sites is 1. The second-order valence-electron chi connectivity index (χ2n) is 11.9. The van der Waals surface area contributed by atoms with E-state index in [9.17, 15) is 24.0 Å². The van der Waals surface area contributed by atoms with Gasteiger partial charge in [-0.2, -0.15) is 0 Å². The van der Waals surface area contributed by atoms with E-state index in [1.807, 2.05) is 56.3 Å². The van der Waals surface area contributed by atoms with Gasteiger partial charge in [0.05, 0.1) is 6.04 Å². The van der Waals surface area contributed by atoms with Crippen LogP contribution in [0.3, 0.4) is 0 Å². The summed E-state index contributed by atoms with van der Waals surface area (Å²) in [5.74, 6) is -2.48. The van der Waals surface area contributed by atoms with Gasteiger partial charge in [0.2, 0.25) is 23.6 Å². The molecule has 0 radical (unpaired) electrons. The summed E-state index contributed by atoms with van der Waals surface area (Å²) in [6.07, 6.45) is 1.45. The Morgan fingerprint density at radius 1 is 0.955 bits per heavy atom. The first-order valence-electron chi connectivity index (χ1n) is 15.1. The first kappa shape index (κ1) is 30.8. The van der Waals surface area contributed by atoms with Gasteiger partial charge >= 0.3 is 0 Å². The molecule has 3 N–H and O–H groups in total. The van der Waals surface area contributed by atoms with Crippen LogP contribution in [-0.2, 0) is 25.6 Å². The second-order valence-corrected chi connectivity index (χ2v) is 11.9. The molecule has 4 atom stereocenters. The van der Waals surface area contributed by atoms with Crippen LogP contribution in [0.1, 0.15) is 49.7 Å². The van der Waals surface area contributed by atoms with E-state index in [0.717, 1.165) is 10.9 Å². The zero-order chi connectivity index (χ0) is 31.4. The van der Waals surface area contributed by atoms with Crippen molar-refractivity contribution >= 4 is 40.5 Å². The van der Waals surface area contributed by atoms with Gasteiger partial charge < -0.3 is 30.2 Å². The first-order chi connectivity index (χ1) is 21.1. The van der Waals surface area contributed by atoms with Crippen molar-refractivity contribution in [2.45, 2.75) is 64.2 Å². The highest BCUT2D eigenvalue weighted by Crippen LogP contribution is 2.22. The lowest BCUT2D eigenvalue weighted by Gasteiger charge is -2.30. The largest absolute Gasteiger partial charge is 0.451 e. The molecule has 0 aliphatic carbocycles. The molecule has 44 heavy (non-hydrogen) atoms. The SMILES string of the molecule is CC(C)[C@@H]1NC(=O)[C@H]2CCCN2C(=O)[C@H](C)NC(=O)CN(C(=O)c2cc3ccccc3o2)C[C@H](Cc2ccccc2)NC1=O. The summed E-state index contributed by atoms with van der Waals surface area (Å²) < 4.78 is 5.85. The van der Waals surface area contributed by atoms with E-state index in [-0.39, 0.29) is 24.8 Å². The van der Waals surface area contributed by atoms with Crippen molar-refractivity contribution in [1.82, 2.24) is 25.8 Å². The lowest BCUT2D eigenvalue weighted by atomic mass is 10.00. The van der Waals surface area contributed by atoms with E-state index in [2.05, 4.69) is 16.0 Å². The number of furan rings is 1. The topological polar surface area (TPSA) is 141 Å². The molecule has 0 bridgehead atoms. The van der Waals surface area contributed by atoms with Crippen LogP contribution in [0.5, 0.6) is 0 Å². The maximum absolute atomic E-state index is 13.9. The molecule has 3 heterocycles. The summed E-state index contributed by atoms with van der Waals surface area (Å²) in [5, 5.41) is 9.39. The van der Waals surface area contributed by atoms with Crippen molar-refractivity contribution in [2.24, 2.45) is 5.92 Å². The molecule has 5 rings (SSSR count). The van der Waals surface area contributed by atoms with Crippen molar-refractivity contribution in [3.05, 3.63) is 72.0 Å². The van der Waals surface area contributed by atoms with Crippen LogP contribution < -0.4 is 16.0 Å². The number of amides is 5. The molecule has 0 saturated carbocycles. The quantitative estimate of drug-likeness (QED) is 0.419. The Hall–Kier alpha value is -4.67. The summed E-state index contributed by atoms with van der Waals surface area (Å²) in [7, 11) is 0. The van der Waals surface area contributed by atoms with Gasteiger partial charge in [0.25, 0.3) is 5.91 Å². The van der Waals surface area contributed by atoms with Crippen LogP contribution in [0.25, 0.3) is 11.0 Å². The monoisotopic (exact) mass is 601 g/mol. The molecule has 2 fully saturated rings. The average molecular weight is 602 g/mol. The van der Waals surface area contributed by atoms with Crippen LogP contribution in [-0.4, -0.2) is 83.1 Å². The molecule has 2 saturated heterocycles. The van der Waals surface area contributed by atoms with Crippen molar-refractivity contribution < 1.29 is 28.4 Å². The Morgan fingerprint density at radius 2 is 1.68 bits per heavy atom. The molecule has 0 unspecified atom stereocenters. The molecule has 11 heteroatoms. The normalized spacial score (nSPS) is 23.9. The molecule has 11 nitrogen and oxygen atoms in total. The van der Waals surface area contributed by atoms with Crippen molar-refractivity contribution in [2.75, 3.05) is 19.6 Å². The first-order valence-corrected chi connectivity index (χ1v) is 15.1. The van der Waals surface area contributed by atoms with Gasteiger partial charge in [-0.25, -0.2) is 0 Å². The molecule has 2 aliphatic heterocycles. The zero-order valence-corrected chi connectivity index (χ0v) is 25.2. The van der Waals surface area contributed by atoms with Crippen LogP contribution in [0, 0.1) is 5.92 Å². The highest BCUT2D eigenvalue weighted by Gasteiger charge is 2.39. The van der Waals surface area contributed by atoms with E-state index < -0.39 is 53.7 Å². The fraction of sp³-hybridized carbons (Fsp3) is 0.424. The van der Waals surface area contributed by atoms with Gasteiger partial charge in [0.15, 0.2) is 5.76 Å². The molecule has 5 amide bonds. The number of benzene rings is 2. The van der Waals surface area contributed by atoms with Gasteiger partial charge in [0, 0.05) is 18.5 Å². The van der Waals surface area contributed by atoms with Crippen LogP contribution in [0.2, 0.25) is 0 Å². The van der Waals surface area contributed by atoms with Crippen LogP contribution in [0.15, 0.2) is 65.1 Å². The van der Waals surface area contributed by atoms with Crippen molar-refractivity contribution in [3.8, 4) is 0 Å². The van der Waals surface area contributed by atoms with E-state index >= 15 is 0 Å². The van der Waals surface area contributed by atoms with E-state index in [1.54, 1.807) is 25.1 Å². The van der Waals surface area contributed by atoms with Crippen molar-refractivity contribution in [1.29, 1.82) is 0 Å². The number of rotatable bonds is 4. The molecule has 232 valence electrons. The summed E-state index contributed by atoms with van der Waals surface area (Å²) >= 11 is 0. The fourth-order valence-electron chi connectivity index (χ4n) is 5.94. The second kappa shape index (κ2) is 13.3. The molecule has 0 spiro atoms. The molecule has 2 aliphatic rings. The average Bonchev–Trinajstić information content (AvgIpc) is 3.66. The fourth-order valence-corrected chi connectivity index (χ4v) is 5.94. The number of hydrogen-bond acceptors (Lipinski definition) is 6. The van der Waals surface area contributed by atoms with E-state index in [1.165, 1.54) is 9.80 Å². The molecular weight excluding hydrogens is 562 g/mol. The minimum absolute atomic E-state index is 0.0280. The van der Waals surface area contributed by atoms with Gasteiger partial charge in [-0.15, -0.1) is 0 Å². The maximum Gasteiger partial charge on any atom is 0.290 e. The number of fused-ring (bicyclic) bond motifs is 2. The van der Waals surface area contributed by atoms with Gasteiger partial charge in [-0.05, 0) is 49.8 Å². The summed E-state index contributed by atoms with van der Waals surface area (Å²) in [6, 6.07) is 15.2. The summed E-state index contributed by atoms with van der Waals surface area (Å²) in [6.45, 7) is 5.21. The summed E-state index contributed by atoms with van der Waals surface area (Å²) in [5.41, 5.74) is 1.45. The Labute approximate surface area is 256 Å². The number of hydrogen-bond donors (Lipinski definition) is 3. The molecule has 3 aromatic rings. The minimum atomic E-state index is -0.926. The van der Waals surface area contributed by atoms with Crippen LogP contribution in [0.4, 0.5) is 0 Å². The predicted molar refractivity (Wildman–Crippen MR) is 163 cm³/mol. The molecule has 1 aromatic heterocycles. The smallest absolute Gasteiger partial charge is 0.290 e. The number of nitrogens with zero attached hydrogens (tertiary/aromatic N) is 2. The van der Waals surface area contributed by atoms with E-state index in [4.69, 9.17) is 4.42 Å². The minimum Gasteiger partial charge on any atom is -0.451 e. The Bertz CT molecular complexity index is 1500. The number of nitrogens with one attached hydrogen (secondary N) is 3. The number of carbonyl (C=O) groups excluding carboxylic acids is 5. The highest BCUT2D eigenvalue weighted by atomic mass is 16.3. The van der Waals surface area contributed by atoms with E-state index in [0.29, 0.717) is 31.4 Å². The Morgan fingerprint density at radius 3 is 2.41 bits per heavy atom. The Kier molecular flexibility index (Phi) is 9.32. The third kappa shape index (κ3) is 6.93. The molecular formula is C33H39N5O6. The van der Waals surface area contributed by atoms with Gasteiger partial charge in [-0.1, -0.05) is 62.4 Å². The van der Waals surface area contributed by atoms with Gasteiger partial charge in [-0.3, -0.25) is 24.0 Å². The van der Waals surface area contributed by atoms with Crippen molar-refractivity contribution in [3.63, 3.8) is 0 Å². The van der Waals surface area contributed by atoms with Crippen LogP contribution >= 0.6 is 0 Å². The zero-order valence-electron chi connectivity index (χ0n) is 25.2. The lowest BCUT2D eigenvalue weighted by molar-refractivity contribution is -0.142. The lowest BCUT2D eigenvalue weighted by Crippen LogP contribution is -2.58. The van der Waals surface area contributed by atoms with Gasteiger partial charge in [0.1, 0.15) is 30.3 Å². The predicted octanol–water partition coefficient (Wildman–Crippen LogP) is 2.25. The third-order valence-electron chi connectivity index (χ3n) is 8.20. The Balaban J connectivity index is 1.51. The summed E-state index contributed by atoms with van der Waals surface area (Å²) in [4.78, 5) is 70.6. The highest BCUT2D eigenvalue weighted by molar-refractivity contribution is 5.99. The number of carbonyl (C=O) groups is 5.